The molecule has 1 aromatic carbocycles. The highest BCUT2D eigenvalue weighted by molar-refractivity contribution is 5.83. The summed E-state index contributed by atoms with van der Waals surface area (Å²) in [7, 11) is 1.96. The number of nitrogens with one attached hydrogen (secondary N) is 1. The Labute approximate surface area is 205 Å². The fourth-order valence-corrected chi connectivity index (χ4v) is 4.82. The molecule has 0 aliphatic carbocycles. The predicted molar refractivity (Wildman–Crippen MR) is 128 cm³/mol. The molecule has 0 saturated carbocycles. The van der Waals surface area contributed by atoms with Gasteiger partial charge in [0.05, 0.1) is 16.6 Å². The van der Waals surface area contributed by atoms with Gasteiger partial charge in [0.2, 0.25) is 11.9 Å². The molecule has 192 valence electrons. The van der Waals surface area contributed by atoms with Crippen molar-refractivity contribution in [2.24, 2.45) is 7.05 Å². The topological polar surface area (TPSA) is 103 Å². The number of rotatable bonds is 4. The van der Waals surface area contributed by atoms with Crippen molar-refractivity contribution in [1.82, 2.24) is 24.4 Å². The Morgan fingerprint density at radius 3 is 2.47 bits per heavy atom. The van der Waals surface area contributed by atoms with E-state index in [-0.39, 0.29) is 12.0 Å². The van der Waals surface area contributed by atoms with E-state index < -0.39 is 17.8 Å². The van der Waals surface area contributed by atoms with E-state index in [9.17, 15) is 23.1 Å². The summed E-state index contributed by atoms with van der Waals surface area (Å²) in [6, 6.07) is 6.06. The third-order valence-corrected chi connectivity index (χ3v) is 6.77. The molecule has 0 radical (unpaired) electrons. The van der Waals surface area contributed by atoms with E-state index in [1.54, 1.807) is 0 Å². The maximum Gasteiger partial charge on any atom is 0.419 e. The van der Waals surface area contributed by atoms with Crippen LogP contribution in [-0.4, -0.2) is 80.9 Å². The van der Waals surface area contributed by atoms with Crippen molar-refractivity contribution >= 4 is 34.7 Å². The first kappa shape index (κ1) is 23.9. The number of halogens is 3. The van der Waals surface area contributed by atoms with Crippen molar-refractivity contribution in [3.8, 4) is 0 Å². The van der Waals surface area contributed by atoms with Gasteiger partial charge in [-0.3, -0.25) is 0 Å². The molecule has 5 rings (SSSR count). The van der Waals surface area contributed by atoms with E-state index in [2.05, 4.69) is 25.1 Å². The molecule has 1 amide bonds. The van der Waals surface area contributed by atoms with Crippen LogP contribution in [0.15, 0.2) is 30.6 Å². The molecule has 13 heteroatoms. The fourth-order valence-electron chi connectivity index (χ4n) is 4.82. The van der Waals surface area contributed by atoms with E-state index in [0.29, 0.717) is 32.7 Å². The molecule has 2 aromatic heterocycles. The summed E-state index contributed by atoms with van der Waals surface area (Å²) in [6.07, 6.45) is -2.04. The predicted octanol–water partition coefficient (Wildman–Crippen LogP) is 3.26. The smallest absolute Gasteiger partial charge is 0.419 e. The Morgan fingerprint density at radius 2 is 1.81 bits per heavy atom. The number of benzene rings is 1. The van der Waals surface area contributed by atoms with Crippen molar-refractivity contribution in [3.05, 3.63) is 36.2 Å². The van der Waals surface area contributed by atoms with Crippen molar-refractivity contribution in [1.29, 1.82) is 0 Å². The van der Waals surface area contributed by atoms with Gasteiger partial charge in [-0.25, -0.2) is 19.7 Å². The minimum atomic E-state index is -4.47. The number of nitrogens with zero attached hydrogens (tertiary/aromatic N) is 7. The summed E-state index contributed by atoms with van der Waals surface area (Å²) in [5.41, 5.74) is 1.97. The Balaban J connectivity index is 1.28. The standard InChI is InChI=1S/C23H27F3N8O2/c1-31-19-5-4-17(32-7-9-33(10-8-32)22(35)36)11-18(19)30-21(31)34-6-2-3-16(14-34)29-20-27-12-15(13-28-20)23(24,25)26/h4-5,11-13,16H,2-3,6-10,14H2,1H3,(H,35,36)(H,27,28,29). The van der Waals surface area contributed by atoms with E-state index >= 15 is 0 Å². The second-order valence-corrected chi connectivity index (χ2v) is 9.12. The number of carboxylic acid groups (broad SMARTS) is 1. The van der Waals surface area contributed by atoms with Gasteiger partial charge in [0.25, 0.3) is 0 Å². The van der Waals surface area contributed by atoms with Crippen LogP contribution in [0.1, 0.15) is 18.4 Å². The number of alkyl halides is 3. The number of piperazine rings is 1. The Bertz CT molecular complexity index is 1240. The normalized spacial score (nSPS) is 19.1. The lowest BCUT2D eigenvalue weighted by Gasteiger charge is -2.34. The van der Waals surface area contributed by atoms with Crippen LogP contribution in [-0.2, 0) is 13.2 Å². The molecule has 2 aliphatic heterocycles. The van der Waals surface area contributed by atoms with Gasteiger partial charge in [-0.1, -0.05) is 0 Å². The Morgan fingerprint density at radius 1 is 1.08 bits per heavy atom. The first-order valence-electron chi connectivity index (χ1n) is 11.8. The molecular weight excluding hydrogens is 477 g/mol. The number of carbonyl (C=O) groups is 1. The third kappa shape index (κ3) is 4.82. The van der Waals surface area contributed by atoms with E-state index in [1.165, 1.54) is 4.90 Å². The Kier molecular flexibility index (Phi) is 6.22. The molecule has 1 unspecified atom stereocenters. The number of imidazole rings is 1. The van der Waals surface area contributed by atoms with Crippen molar-refractivity contribution in [2.75, 3.05) is 54.4 Å². The van der Waals surface area contributed by atoms with Crippen molar-refractivity contribution < 1.29 is 23.1 Å². The second kappa shape index (κ2) is 9.36. The Hall–Kier alpha value is -3.77. The quantitative estimate of drug-likeness (QED) is 0.558. The lowest BCUT2D eigenvalue weighted by molar-refractivity contribution is -0.138. The number of hydrogen-bond acceptors (Lipinski definition) is 7. The van der Waals surface area contributed by atoms with Crippen LogP contribution in [0.5, 0.6) is 0 Å². The van der Waals surface area contributed by atoms with Crippen LogP contribution in [0.2, 0.25) is 0 Å². The largest absolute Gasteiger partial charge is 0.465 e. The molecule has 36 heavy (non-hydrogen) atoms. The lowest BCUT2D eigenvalue weighted by atomic mass is 10.1. The van der Waals surface area contributed by atoms with Gasteiger partial charge >= 0.3 is 12.3 Å². The van der Waals surface area contributed by atoms with Crippen LogP contribution >= 0.6 is 0 Å². The van der Waals surface area contributed by atoms with Gasteiger partial charge in [0, 0.05) is 70.4 Å². The molecule has 4 heterocycles. The minimum Gasteiger partial charge on any atom is -0.465 e. The van der Waals surface area contributed by atoms with Crippen LogP contribution in [0.25, 0.3) is 11.0 Å². The zero-order valence-electron chi connectivity index (χ0n) is 19.7. The number of hydrogen-bond donors (Lipinski definition) is 2. The summed E-state index contributed by atoms with van der Waals surface area (Å²) >= 11 is 0. The number of aryl methyl sites for hydroxylation is 1. The average molecular weight is 505 g/mol. The number of aromatic nitrogens is 4. The molecule has 0 spiro atoms. The summed E-state index contributed by atoms with van der Waals surface area (Å²) < 4.78 is 40.4. The number of anilines is 3. The molecule has 2 N–H and O–H groups in total. The van der Waals surface area contributed by atoms with Crippen LogP contribution in [0, 0.1) is 0 Å². The molecule has 2 aliphatic rings. The molecule has 10 nitrogen and oxygen atoms in total. The maximum absolute atomic E-state index is 12.8. The van der Waals surface area contributed by atoms with Gasteiger partial charge in [0.15, 0.2) is 0 Å². The number of fused-ring (bicyclic) bond motifs is 1. The van der Waals surface area contributed by atoms with Gasteiger partial charge in [-0.2, -0.15) is 13.2 Å². The van der Waals surface area contributed by atoms with E-state index in [0.717, 1.165) is 54.4 Å². The molecular formula is C23H27F3N8O2. The molecule has 1 atom stereocenters. The maximum atomic E-state index is 12.8. The second-order valence-electron chi connectivity index (χ2n) is 9.12. The van der Waals surface area contributed by atoms with Crippen LogP contribution in [0.4, 0.5) is 35.5 Å². The highest BCUT2D eigenvalue weighted by Gasteiger charge is 2.32. The number of piperidine rings is 1. The summed E-state index contributed by atoms with van der Waals surface area (Å²) in [5.74, 6) is 0.991. The molecule has 2 saturated heterocycles. The van der Waals surface area contributed by atoms with Gasteiger partial charge in [-0.15, -0.1) is 0 Å². The highest BCUT2D eigenvalue weighted by atomic mass is 19.4. The molecule has 2 fully saturated rings. The summed E-state index contributed by atoms with van der Waals surface area (Å²) in [4.78, 5) is 29.5. The zero-order valence-corrected chi connectivity index (χ0v) is 19.7. The first-order chi connectivity index (χ1) is 17.2. The van der Waals surface area contributed by atoms with Crippen LogP contribution < -0.4 is 15.1 Å². The lowest BCUT2D eigenvalue weighted by Crippen LogP contribution is -2.48. The SMILES string of the molecule is Cn1c(N2CCCC(Nc3ncc(C(F)(F)F)cn3)C2)nc2cc(N3CCN(C(=O)O)CC3)ccc21. The summed E-state index contributed by atoms with van der Waals surface area (Å²) in [5, 5.41) is 12.3. The zero-order chi connectivity index (χ0) is 25.4. The van der Waals surface area contributed by atoms with E-state index in [1.807, 2.05) is 29.8 Å². The monoisotopic (exact) mass is 504 g/mol. The van der Waals surface area contributed by atoms with Gasteiger partial charge in [-0.05, 0) is 31.0 Å². The fraction of sp³-hybridized carbons (Fsp3) is 0.478. The first-order valence-corrected chi connectivity index (χ1v) is 11.8. The van der Waals surface area contributed by atoms with Gasteiger partial charge in [0.1, 0.15) is 0 Å². The van der Waals surface area contributed by atoms with E-state index in [4.69, 9.17) is 4.98 Å². The average Bonchev–Trinajstić information content (AvgIpc) is 3.20. The number of amides is 1. The molecule has 3 aromatic rings. The highest BCUT2D eigenvalue weighted by Crippen LogP contribution is 2.30. The minimum absolute atomic E-state index is 0.0311. The van der Waals surface area contributed by atoms with Crippen LogP contribution in [0.3, 0.4) is 0 Å². The third-order valence-electron chi connectivity index (χ3n) is 6.77. The summed E-state index contributed by atoms with van der Waals surface area (Å²) in [6.45, 7) is 3.61. The van der Waals surface area contributed by atoms with Gasteiger partial charge < -0.3 is 29.7 Å². The molecule has 0 bridgehead atoms. The van der Waals surface area contributed by atoms with Crippen molar-refractivity contribution in [3.63, 3.8) is 0 Å². The van der Waals surface area contributed by atoms with Crippen molar-refractivity contribution in [2.45, 2.75) is 25.1 Å².